The van der Waals surface area contributed by atoms with E-state index in [2.05, 4.69) is 15.3 Å². The summed E-state index contributed by atoms with van der Waals surface area (Å²) in [6.07, 6.45) is 1.34. The van der Waals surface area contributed by atoms with Crippen LogP contribution in [-0.4, -0.2) is 29.3 Å². The molecule has 0 aliphatic carbocycles. The van der Waals surface area contributed by atoms with Crippen LogP contribution in [0.25, 0.3) is 5.69 Å². The van der Waals surface area contributed by atoms with E-state index in [1.165, 1.54) is 54.7 Å². The highest BCUT2D eigenvalue weighted by Crippen LogP contribution is 2.17. The maximum Gasteiger partial charge on any atom is 0.335 e. The lowest BCUT2D eigenvalue weighted by Gasteiger charge is -2.02. The summed E-state index contributed by atoms with van der Waals surface area (Å²) in [7, 11) is -3.82. The minimum atomic E-state index is -3.82. The maximum atomic E-state index is 12.4. The summed E-state index contributed by atoms with van der Waals surface area (Å²) in [4.78, 5) is 23.1. The van der Waals surface area contributed by atoms with Gasteiger partial charge >= 0.3 is 5.97 Å². The van der Waals surface area contributed by atoms with Gasteiger partial charge in [-0.25, -0.2) is 23.0 Å². The molecule has 4 N–H and O–H groups in total. The van der Waals surface area contributed by atoms with E-state index in [1.807, 2.05) is 0 Å². The molecule has 0 atom stereocenters. The van der Waals surface area contributed by atoms with E-state index in [-0.39, 0.29) is 16.1 Å². The van der Waals surface area contributed by atoms with Crippen molar-refractivity contribution in [2.24, 2.45) is 15.4 Å². The van der Waals surface area contributed by atoms with Gasteiger partial charge in [0.1, 0.15) is 0 Å². The fourth-order valence-corrected chi connectivity index (χ4v) is 2.71. The van der Waals surface area contributed by atoms with E-state index < -0.39 is 21.6 Å². The highest BCUT2D eigenvalue weighted by Gasteiger charge is 2.10. The first-order chi connectivity index (χ1) is 12.8. The molecule has 27 heavy (non-hydrogen) atoms. The predicted octanol–water partition coefficient (Wildman–Crippen LogP) is 1.93. The van der Waals surface area contributed by atoms with Gasteiger partial charge in [0.05, 0.1) is 28.0 Å². The molecular formula is C16H13N5O5S. The summed E-state index contributed by atoms with van der Waals surface area (Å²) in [6, 6.07) is 11.1. The van der Waals surface area contributed by atoms with Crippen LogP contribution >= 0.6 is 0 Å². The SMILES string of the molecule is NS(=O)(=O)c1ccc(-n2[nH]cc(N=Nc3ccc(C(=O)O)cc3)c2=O)cc1. The molecule has 0 amide bonds. The van der Waals surface area contributed by atoms with Crippen LogP contribution in [0.15, 0.2) is 74.6 Å². The van der Waals surface area contributed by atoms with Crippen molar-refractivity contribution in [2.45, 2.75) is 4.90 Å². The van der Waals surface area contributed by atoms with Gasteiger partial charge in [-0.2, -0.15) is 5.11 Å². The average molecular weight is 387 g/mol. The lowest BCUT2D eigenvalue weighted by atomic mass is 10.2. The molecule has 0 aliphatic rings. The minimum absolute atomic E-state index is 0.0211. The van der Waals surface area contributed by atoms with Crippen molar-refractivity contribution < 1.29 is 18.3 Å². The minimum Gasteiger partial charge on any atom is -0.478 e. The summed E-state index contributed by atoms with van der Waals surface area (Å²) in [5.74, 6) is -1.06. The second-order valence-electron chi connectivity index (χ2n) is 5.39. The third kappa shape index (κ3) is 3.99. The number of aromatic carboxylic acids is 1. The first kappa shape index (κ1) is 18.2. The van der Waals surface area contributed by atoms with Crippen molar-refractivity contribution >= 4 is 27.4 Å². The molecule has 0 unspecified atom stereocenters. The molecule has 10 nitrogen and oxygen atoms in total. The van der Waals surface area contributed by atoms with Crippen LogP contribution in [0.3, 0.4) is 0 Å². The van der Waals surface area contributed by atoms with Crippen molar-refractivity contribution in [3.05, 3.63) is 70.6 Å². The van der Waals surface area contributed by atoms with E-state index in [1.54, 1.807) is 0 Å². The summed E-state index contributed by atoms with van der Waals surface area (Å²) >= 11 is 0. The van der Waals surface area contributed by atoms with E-state index in [0.29, 0.717) is 11.4 Å². The largest absolute Gasteiger partial charge is 0.478 e. The van der Waals surface area contributed by atoms with E-state index >= 15 is 0 Å². The normalized spacial score (nSPS) is 11.7. The molecule has 3 rings (SSSR count). The van der Waals surface area contributed by atoms with Gasteiger partial charge in [0, 0.05) is 0 Å². The Labute approximate surface area is 152 Å². The summed E-state index contributed by atoms with van der Waals surface area (Å²) < 4.78 is 23.7. The molecular weight excluding hydrogens is 374 g/mol. The lowest BCUT2D eigenvalue weighted by Crippen LogP contribution is -2.15. The Morgan fingerprint density at radius 3 is 2.22 bits per heavy atom. The van der Waals surface area contributed by atoms with Crippen molar-refractivity contribution in [3.63, 3.8) is 0 Å². The van der Waals surface area contributed by atoms with E-state index in [4.69, 9.17) is 10.2 Å². The van der Waals surface area contributed by atoms with Crippen molar-refractivity contribution in [1.82, 2.24) is 9.78 Å². The topological polar surface area (TPSA) is 160 Å². The Kier molecular flexibility index (Phi) is 4.71. The van der Waals surface area contributed by atoms with E-state index in [0.717, 1.165) is 4.68 Å². The Morgan fingerprint density at radius 2 is 1.67 bits per heavy atom. The average Bonchev–Trinajstić information content (AvgIpc) is 3.00. The number of aromatic amines is 1. The monoisotopic (exact) mass is 387 g/mol. The number of aromatic nitrogens is 2. The maximum absolute atomic E-state index is 12.4. The summed E-state index contributed by atoms with van der Waals surface area (Å²) in [6.45, 7) is 0. The molecule has 0 fully saturated rings. The number of nitrogens with one attached hydrogen (secondary N) is 1. The quantitative estimate of drug-likeness (QED) is 0.569. The van der Waals surface area contributed by atoms with Crippen molar-refractivity contribution in [3.8, 4) is 5.69 Å². The lowest BCUT2D eigenvalue weighted by molar-refractivity contribution is 0.0697. The zero-order valence-corrected chi connectivity index (χ0v) is 14.4. The molecule has 0 aliphatic heterocycles. The first-order valence-corrected chi connectivity index (χ1v) is 8.99. The van der Waals surface area contributed by atoms with Crippen LogP contribution in [0.4, 0.5) is 11.4 Å². The number of azo groups is 1. The Hall–Kier alpha value is -3.57. The highest BCUT2D eigenvalue weighted by molar-refractivity contribution is 7.89. The second-order valence-corrected chi connectivity index (χ2v) is 6.95. The molecule has 0 radical (unpaired) electrons. The third-order valence-corrected chi connectivity index (χ3v) is 4.49. The van der Waals surface area contributed by atoms with Crippen LogP contribution in [0, 0.1) is 0 Å². The first-order valence-electron chi connectivity index (χ1n) is 7.44. The number of hydrogen-bond donors (Lipinski definition) is 3. The molecule has 1 heterocycles. The van der Waals surface area contributed by atoms with Gasteiger partial charge in [0.15, 0.2) is 5.69 Å². The van der Waals surface area contributed by atoms with Gasteiger partial charge in [-0.3, -0.25) is 9.89 Å². The van der Waals surface area contributed by atoms with Crippen LogP contribution in [0.1, 0.15) is 10.4 Å². The van der Waals surface area contributed by atoms with Crippen LogP contribution in [0.2, 0.25) is 0 Å². The number of carboxylic acids is 1. The zero-order chi connectivity index (χ0) is 19.6. The van der Waals surface area contributed by atoms with Gasteiger partial charge in [0.2, 0.25) is 10.0 Å². The number of carboxylic acid groups (broad SMARTS) is 1. The fraction of sp³-hybridized carbons (Fsp3) is 0. The summed E-state index contributed by atoms with van der Waals surface area (Å²) in [5, 5.41) is 24.3. The van der Waals surface area contributed by atoms with E-state index in [9.17, 15) is 18.0 Å². The Bertz CT molecular complexity index is 1180. The smallest absolute Gasteiger partial charge is 0.335 e. The molecule has 11 heteroatoms. The standard InChI is InChI=1S/C16H13N5O5S/c17-27(25,26)13-7-5-12(6-8-13)21-15(22)14(9-18-21)20-19-11-3-1-10(2-4-11)16(23)24/h1-9,18H,(H,23,24)(H2,17,25,26). The molecule has 1 aromatic heterocycles. The number of carbonyl (C=O) groups is 1. The number of primary sulfonamides is 1. The number of nitrogens with zero attached hydrogens (tertiary/aromatic N) is 3. The predicted molar refractivity (Wildman–Crippen MR) is 95.3 cm³/mol. The third-order valence-electron chi connectivity index (χ3n) is 3.56. The molecule has 2 aromatic carbocycles. The molecule has 138 valence electrons. The van der Waals surface area contributed by atoms with Gasteiger partial charge in [-0.1, -0.05) is 0 Å². The Balaban J connectivity index is 1.85. The van der Waals surface area contributed by atoms with Gasteiger partial charge < -0.3 is 5.11 Å². The van der Waals surface area contributed by atoms with Gasteiger partial charge in [-0.05, 0) is 48.5 Å². The summed E-state index contributed by atoms with van der Waals surface area (Å²) in [5.41, 5.74) is 0.405. The highest BCUT2D eigenvalue weighted by atomic mass is 32.2. The Morgan fingerprint density at radius 1 is 1.04 bits per heavy atom. The number of sulfonamides is 1. The molecule has 0 bridgehead atoms. The van der Waals surface area contributed by atoms with Gasteiger partial charge in [-0.15, -0.1) is 5.11 Å². The number of benzene rings is 2. The molecule has 0 spiro atoms. The van der Waals surface area contributed by atoms with Crippen molar-refractivity contribution in [2.75, 3.05) is 0 Å². The van der Waals surface area contributed by atoms with Crippen LogP contribution < -0.4 is 10.7 Å². The van der Waals surface area contributed by atoms with Crippen molar-refractivity contribution in [1.29, 1.82) is 0 Å². The van der Waals surface area contributed by atoms with Crippen LogP contribution in [-0.2, 0) is 10.0 Å². The number of hydrogen-bond acceptors (Lipinski definition) is 6. The van der Waals surface area contributed by atoms with Crippen LogP contribution in [0.5, 0.6) is 0 Å². The molecule has 3 aromatic rings. The fourth-order valence-electron chi connectivity index (χ4n) is 2.19. The molecule has 0 saturated carbocycles. The zero-order valence-electron chi connectivity index (χ0n) is 13.6. The second kappa shape index (κ2) is 6.97. The molecule has 0 saturated heterocycles. The number of rotatable bonds is 5. The number of nitrogens with two attached hydrogens (primary N) is 1. The van der Waals surface area contributed by atoms with Gasteiger partial charge in [0.25, 0.3) is 5.56 Å². The number of H-pyrrole nitrogens is 1.